The van der Waals surface area contributed by atoms with Crippen LogP contribution >= 0.6 is 34.0 Å². The highest BCUT2D eigenvalue weighted by Gasteiger charge is 2.46. The summed E-state index contributed by atoms with van der Waals surface area (Å²) in [4.78, 5) is 5.31. The maximum atomic E-state index is 2.71. The Bertz CT molecular complexity index is 3600. The first-order valence-corrected chi connectivity index (χ1v) is 26.4. The van der Waals surface area contributed by atoms with Crippen LogP contribution < -0.4 is 25.5 Å². The third-order valence-electron chi connectivity index (χ3n) is 14.5. The molecule has 6 heteroatoms. The van der Waals surface area contributed by atoms with Gasteiger partial charge in [-0.3, -0.25) is 0 Å². The number of benzene rings is 7. The molecule has 0 radical (unpaired) electrons. The van der Waals surface area contributed by atoms with Crippen LogP contribution in [0.3, 0.4) is 0 Å². The van der Waals surface area contributed by atoms with Crippen molar-refractivity contribution in [3.63, 3.8) is 0 Å². The lowest BCUT2D eigenvalue weighted by atomic mass is 9.36. The van der Waals surface area contributed by atoms with E-state index in [2.05, 4.69) is 223 Å². The maximum Gasteiger partial charge on any atom is 0.264 e. The normalized spacial score (nSPS) is 13.6. The van der Waals surface area contributed by atoms with E-state index in [0.717, 1.165) is 0 Å². The van der Waals surface area contributed by atoms with E-state index in [1.807, 2.05) is 34.0 Å². The molecule has 0 saturated heterocycles. The number of aryl methyl sites for hydroxylation is 2. The summed E-state index contributed by atoms with van der Waals surface area (Å²) in [6, 6.07) is 51.7. The summed E-state index contributed by atoms with van der Waals surface area (Å²) in [5.41, 5.74) is 22.2. The van der Waals surface area contributed by atoms with Crippen LogP contribution in [0.5, 0.6) is 0 Å². The van der Waals surface area contributed by atoms with Gasteiger partial charge in [0.1, 0.15) is 0 Å². The zero-order chi connectivity index (χ0) is 46.3. The van der Waals surface area contributed by atoms with Gasteiger partial charge < -0.3 is 9.80 Å². The van der Waals surface area contributed by atoms with Gasteiger partial charge in [-0.25, -0.2) is 0 Å². The molecule has 2 aliphatic heterocycles. The first kappa shape index (κ1) is 42.4. The minimum Gasteiger partial charge on any atom is -0.311 e. The predicted octanol–water partition coefficient (Wildman–Crippen LogP) is 17.1. The van der Waals surface area contributed by atoms with E-state index >= 15 is 0 Å². The molecule has 330 valence electrons. The van der Waals surface area contributed by atoms with Crippen molar-refractivity contribution < 1.29 is 0 Å². The van der Waals surface area contributed by atoms with Gasteiger partial charge in [0, 0.05) is 68.9 Å². The van der Waals surface area contributed by atoms with Crippen molar-refractivity contribution in [1.82, 2.24) is 0 Å². The zero-order valence-corrected chi connectivity index (χ0v) is 42.6. The monoisotopic (exact) mass is 922 g/mol. The Kier molecular flexibility index (Phi) is 9.69. The number of rotatable bonds is 5. The Balaban J connectivity index is 1.17. The molecule has 7 aromatic carbocycles. The number of anilines is 6. The highest BCUT2D eigenvalue weighted by atomic mass is 32.1. The molecule has 5 heterocycles. The standard InChI is InChI=1S/C61H55BN2S3/c1-35(2)40-30-51-56-52(31-40)64(57-36(3)27-42(28-37(57)4)61(8,9)10)58-46-32-41(60(5,6)7)22-26-55(46)67-59(58)62(56)49-29-39(48-34-66-54-18-14-12-16-45(48)54)21-25-50(49)63(51)43-23-19-38(20-24-43)47-33-65-53-17-13-11-15-44(47)53/h11-35H,1-10H3. The van der Waals surface area contributed by atoms with Crippen molar-refractivity contribution in [1.29, 1.82) is 0 Å². The Morgan fingerprint density at radius 2 is 1.09 bits per heavy atom. The second-order valence-electron chi connectivity index (χ2n) is 21.3. The number of thiophene rings is 3. The number of nitrogens with zero attached hydrogens (tertiary/aromatic N) is 2. The third kappa shape index (κ3) is 6.69. The number of hydrogen-bond acceptors (Lipinski definition) is 5. The molecule has 0 aliphatic carbocycles. The molecule has 2 aliphatic rings. The molecule has 67 heavy (non-hydrogen) atoms. The van der Waals surface area contributed by atoms with Gasteiger partial charge >= 0.3 is 0 Å². The molecule has 0 atom stereocenters. The summed E-state index contributed by atoms with van der Waals surface area (Å²) in [5.74, 6) is 0.312. The van der Waals surface area contributed by atoms with Crippen LogP contribution in [0.1, 0.15) is 89.1 Å². The second kappa shape index (κ2) is 15.3. The molecule has 0 amide bonds. The zero-order valence-electron chi connectivity index (χ0n) is 40.1. The Morgan fingerprint density at radius 1 is 0.507 bits per heavy atom. The lowest BCUT2D eigenvalue weighted by molar-refractivity contribution is 0.589. The van der Waals surface area contributed by atoms with Crippen LogP contribution in [0.2, 0.25) is 0 Å². The van der Waals surface area contributed by atoms with Crippen molar-refractivity contribution in [3.8, 4) is 22.3 Å². The van der Waals surface area contributed by atoms with E-state index in [1.54, 1.807) is 0 Å². The molecule has 12 rings (SSSR count). The summed E-state index contributed by atoms with van der Waals surface area (Å²) >= 11 is 5.66. The SMILES string of the molecule is Cc1cc(C(C)(C)C)cc(C)c1N1c2cc(C(C)C)cc3c2B(c2cc(-c4csc5ccccc45)ccc2N3c2ccc(-c3csc4ccccc34)cc2)c2sc3ccc(C(C)(C)C)cc3c21. The summed E-state index contributed by atoms with van der Waals surface area (Å²) in [6.45, 7) is 23.5. The first-order chi connectivity index (χ1) is 32.1. The van der Waals surface area contributed by atoms with Gasteiger partial charge in [-0.05, 0) is 146 Å². The fourth-order valence-electron chi connectivity index (χ4n) is 10.9. The summed E-state index contributed by atoms with van der Waals surface area (Å²) in [5, 5.41) is 8.65. The molecule has 2 nitrogen and oxygen atoms in total. The predicted molar refractivity (Wildman–Crippen MR) is 298 cm³/mol. The minimum absolute atomic E-state index is 0.000802. The molecule has 0 unspecified atom stereocenters. The number of hydrogen-bond donors (Lipinski definition) is 0. The van der Waals surface area contributed by atoms with Gasteiger partial charge in [-0.2, -0.15) is 0 Å². The highest BCUT2D eigenvalue weighted by Crippen LogP contribution is 2.52. The van der Waals surface area contributed by atoms with E-state index < -0.39 is 0 Å². The molecule has 0 fully saturated rings. The second-order valence-corrected chi connectivity index (χ2v) is 24.2. The van der Waals surface area contributed by atoms with Gasteiger partial charge in [0.15, 0.2) is 0 Å². The first-order valence-electron chi connectivity index (χ1n) is 23.8. The van der Waals surface area contributed by atoms with Gasteiger partial charge in [0.25, 0.3) is 6.71 Å². The molecule has 3 aromatic heterocycles. The van der Waals surface area contributed by atoms with Gasteiger partial charge in [-0.1, -0.05) is 134 Å². The third-order valence-corrected chi connectivity index (χ3v) is 17.7. The molecule has 0 spiro atoms. The van der Waals surface area contributed by atoms with Gasteiger partial charge in [0.2, 0.25) is 0 Å². The minimum atomic E-state index is 0.000802. The Morgan fingerprint density at radius 3 is 1.70 bits per heavy atom. The van der Waals surface area contributed by atoms with E-state index in [9.17, 15) is 0 Å². The van der Waals surface area contributed by atoms with Crippen molar-refractivity contribution in [2.75, 3.05) is 9.80 Å². The summed E-state index contributed by atoms with van der Waals surface area (Å²) in [7, 11) is 0. The fourth-order valence-corrected chi connectivity index (χ4v) is 14.2. The van der Waals surface area contributed by atoms with Crippen LogP contribution in [0.4, 0.5) is 34.1 Å². The van der Waals surface area contributed by atoms with E-state index in [1.165, 1.54) is 130 Å². The van der Waals surface area contributed by atoms with Crippen molar-refractivity contribution in [2.24, 2.45) is 0 Å². The van der Waals surface area contributed by atoms with Crippen LogP contribution in [0, 0.1) is 13.8 Å². The van der Waals surface area contributed by atoms with E-state index in [4.69, 9.17) is 0 Å². The Labute approximate surface area is 408 Å². The quantitative estimate of drug-likeness (QED) is 0.159. The summed E-state index contributed by atoms with van der Waals surface area (Å²) in [6.07, 6.45) is 0. The van der Waals surface area contributed by atoms with Crippen molar-refractivity contribution >= 4 is 121 Å². The average molecular weight is 923 g/mol. The average Bonchev–Trinajstić information content (AvgIpc) is 4.04. The highest BCUT2D eigenvalue weighted by molar-refractivity contribution is 7.33. The molecule has 0 N–H and O–H groups in total. The smallest absolute Gasteiger partial charge is 0.264 e. The van der Waals surface area contributed by atoms with Crippen molar-refractivity contribution in [2.45, 2.75) is 86.0 Å². The van der Waals surface area contributed by atoms with E-state index in [-0.39, 0.29) is 17.5 Å². The van der Waals surface area contributed by atoms with E-state index in [0.29, 0.717) is 5.92 Å². The molecular formula is C61H55BN2S3. The van der Waals surface area contributed by atoms with Crippen LogP contribution in [0.25, 0.3) is 52.5 Å². The molecule has 10 aromatic rings. The fraction of sp³-hybridized carbons (Fsp3) is 0.213. The number of fused-ring (bicyclic) bond motifs is 8. The lowest BCUT2D eigenvalue weighted by Gasteiger charge is -2.44. The Hall–Kier alpha value is -5.92. The van der Waals surface area contributed by atoms with Crippen LogP contribution in [0.15, 0.2) is 144 Å². The van der Waals surface area contributed by atoms with Crippen LogP contribution in [-0.2, 0) is 10.8 Å². The molecule has 0 bridgehead atoms. The summed E-state index contributed by atoms with van der Waals surface area (Å²) < 4.78 is 5.40. The maximum absolute atomic E-state index is 2.71. The molecular weight excluding hydrogens is 868 g/mol. The van der Waals surface area contributed by atoms with Crippen molar-refractivity contribution in [3.05, 3.63) is 172 Å². The molecule has 0 saturated carbocycles. The van der Waals surface area contributed by atoms with Gasteiger partial charge in [0.05, 0.1) is 11.4 Å². The lowest BCUT2D eigenvalue weighted by Crippen LogP contribution is -2.60. The topological polar surface area (TPSA) is 6.48 Å². The largest absolute Gasteiger partial charge is 0.311 e. The van der Waals surface area contributed by atoms with Gasteiger partial charge in [-0.15, -0.1) is 34.0 Å². The van der Waals surface area contributed by atoms with Crippen LogP contribution in [-0.4, -0.2) is 6.71 Å².